The second-order valence-electron chi connectivity index (χ2n) is 6.52. The number of carbonyl (C=O) groups excluding carboxylic acids is 1. The molecule has 0 saturated carbocycles. The maximum Gasteiger partial charge on any atom is 0.242 e. The van der Waals surface area contributed by atoms with Crippen molar-refractivity contribution in [1.82, 2.24) is 20.0 Å². The van der Waals surface area contributed by atoms with E-state index in [2.05, 4.69) is 23.5 Å². The van der Waals surface area contributed by atoms with Crippen LogP contribution < -0.4 is 5.32 Å². The van der Waals surface area contributed by atoms with Crippen molar-refractivity contribution in [3.05, 3.63) is 18.0 Å². The fraction of sp³-hybridized carbons (Fsp3) is 0.750. The molecule has 0 aliphatic carbocycles. The highest BCUT2D eigenvalue weighted by molar-refractivity contribution is 5.82. The van der Waals surface area contributed by atoms with Crippen molar-refractivity contribution in [2.75, 3.05) is 26.2 Å². The first-order valence-corrected chi connectivity index (χ1v) is 8.26. The van der Waals surface area contributed by atoms with Gasteiger partial charge in [-0.3, -0.25) is 9.48 Å². The van der Waals surface area contributed by atoms with Crippen LogP contribution in [0.1, 0.15) is 25.3 Å². The van der Waals surface area contributed by atoms with E-state index >= 15 is 0 Å². The molecule has 2 fully saturated rings. The number of nitrogens with one attached hydrogen (secondary N) is 1. The quantitative estimate of drug-likeness (QED) is 0.898. The van der Waals surface area contributed by atoms with Gasteiger partial charge in [0.2, 0.25) is 5.91 Å². The summed E-state index contributed by atoms with van der Waals surface area (Å²) < 4.78 is 7.61. The highest BCUT2D eigenvalue weighted by atomic mass is 16.5. The lowest BCUT2D eigenvalue weighted by Gasteiger charge is -2.37. The Morgan fingerprint density at radius 2 is 2.23 bits per heavy atom. The van der Waals surface area contributed by atoms with Crippen molar-refractivity contribution in [2.24, 2.45) is 5.92 Å². The summed E-state index contributed by atoms with van der Waals surface area (Å²) in [4.78, 5) is 14.6. The zero-order valence-electron chi connectivity index (χ0n) is 13.5. The van der Waals surface area contributed by atoms with Gasteiger partial charge in [0.25, 0.3) is 0 Å². The van der Waals surface area contributed by atoms with E-state index in [9.17, 15) is 4.79 Å². The van der Waals surface area contributed by atoms with Crippen LogP contribution in [0.3, 0.4) is 0 Å². The van der Waals surface area contributed by atoms with Crippen LogP contribution in [0.25, 0.3) is 0 Å². The molecule has 6 heteroatoms. The summed E-state index contributed by atoms with van der Waals surface area (Å²) in [7, 11) is 0. The van der Waals surface area contributed by atoms with E-state index in [0.717, 1.165) is 39.0 Å². The molecule has 2 saturated heterocycles. The van der Waals surface area contributed by atoms with Gasteiger partial charge in [0.1, 0.15) is 6.04 Å². The first-order chi connectivity index (χ1) is 10.6. The van der Waals surface area contributed by atoms with Crippen molar-refractivity contribution >= 4 is 5.91 Å². The number of carbonyl (C=O) groups is 1. The number of hydrogen-bond donors (Lipinski definition) is 1. The summed E-state index contributed by atoms with van der Waals surface area (Å²) in [6.07, 6.45) is 6.04. The summed E-state index contributed by atoms with van der Waals surface area (Å²) >= 11 is 0. The molecular weight excluding hydrogens is 280 g/mol. The smallest absolute Gasteiger partial charge is 0.242 e. The van der Waals surface area contributed by atoms with E-state index in [4.69, 9.17) is 4.74 Å². The number of ether oxygens (including phenoxy) is 1. The van der Waals surface area contributed by atoms with Crippen LogP contribution in [-0.4, -0.2) is 59.0 Å². The van der Waals surface area contributed by atoms with Gasteiger partial charge in [-0.1, -0.05) is 0 Å². The topological polar surface area (TPSA) is 59.4 Å². The van der Waals surface area contributed by atoms with Gasteiger partial charge in [-0.2, -0.15) is 5.10 Å². The molecule has 6 nitrogen and oxygen atoms in total. The minimum absolute atomic E-state index is 0.0361. The van der Waals surface area contributed by atoms with E-state index in [1.54, 1.807) is 0 Å². The second kappa shape index (κ2) is 6.79. The van der Waals surface area contributed by atoms with E-state index in [-0.39, 0.29) is 18.1 Å². The minimum Gasteiger partial charge on any atom is -0.375 e. The average molecular weight is 306 g/mol. The van der Waals surface area contributed by atoms with Crippen molar-refractivity contribution in [3.63, 3.8) is 0 Å². The summed E-state index contributed by atoms with van der Waals surface area (Å²) in [6, 6.07) is -0.181. The Bertz CT molecular complexity index is 508. The molecule has 2 atom stereocenters. The zero-order chi connectivity index (χ0) is 15.5. The Kier molecular flexibility index (Phi) is 4.78. The van der Waals surface area contributed by atoms with Gasteiger partial charge in [0.05, 0.1) is 18.9 Å². The molecule has 0 bridgehead atoms. The third-order valence-electron chi connectivity index (χ3n) is 4.72. The molecule has 2 aliphatic heterocycles. The maximum atomic E-state index is 12.6. The van der Waals surface area contributed by atoms with Gasteiger partial charge < -0.3 is 15.0 Å². The van der Waals surface area contributed by atoms with Crippen LogP contribution in [0, 0.1) is 12.8 Å². The molecule has 0 unspecified atom stereocenters. The average Bonchev–Trinajstić information content (AvgIpc) is 2.93. The molecule has 2 aliphatic rings. The summed E-state index contributed by atoms with van der Waals surface area (Å²) in [5.41, 5.74) is 1.20. The fourth-order valence-corrected chi connectivity index (χ4v) is 3.37. The molecule has 0 spiro atoms. The van der Waals surface area contributed by atoms with Gasteiger partial charge >= 0.3 is 0 Å². The standard InChI is InChI=1S/C16H26N4O2/c1-12-9-18-20(10-12)11-14-3-6-19(7-4-14)16(21)15-13(2)22-8-5-17-15/h9-10,13-15,17H,3-8,11H2,1-2H3/t13-,15+/m1/s1. The van der Waals surface area contributed by atoms with E-state index in [0.29, 0.717) is 12.5 Å². The molecule has 3 heterocycles. The highest BCUT2D eigenvalue weighted by Gasteiger charge is 2.33. The summed E-state index contributed by atoms with van der Waals surface area (Å²) in [5, 5.41) is 7.65. The Morgan fingerprint density at radius 3 is 2.86 bits per heavy atom. The van der Waals surface area contributed by atoms with Crippen LogP contribution in [0.4, 0.5) is 0 Å². The van der Waals surface area contributed by atoms with E-state index in [1.165, 1.54) is 5.56 Å². The number of nitrogens with zero attached hydrogens (tertiary/aromatic N) is 3. The first-order valence-electron chi connectivity index (χ1n) is 8.26. The normalized spacial score (nSPS) is 27.1. The third kappa shape index (κ3) is 3.50. The SMILES string of the molecule is Cc1cnn(CC2CCN(C(=O)[C@H]3NCCO[C@@H]3C)CC2)c1. The molecule has 1 aromatic rings. The molecule has 0 aromatic carbocycles. The lowest BCUT2D eigenvalue weighted by Crippen LogP contribution is -2.57. The molecule has 1 N–H and O–H groups in total. The molecule has 122 valence electrons. The van der Waals surface area contributed by atoms with E-state index in [1.807, 2.05) is 22.7 Å². The second-order valence-corrected chi connectivity index (χ2v) is 6.52. The molecular formula is C16H26N4O2. The van der Waals surface area contributed by atoms with Crippen LogP contribution in [0.5, 0.6) is 0 Å². The number of piperidine rings is 1. The Balaban J connectivity index is 1.49. The van der Waals surface area contributed by atoms with E-state index < -0.39 is 0 Å². The molecule has 1 amide bonds. The predicted octanol–water partition coefficient (Wildman–Crippen LogP) is 0.807. The lowest BCUT2D eigenvalue weighted by atomic mass is 9.96. The fourth-order valence-electron chi connectivity index (χ4n) is 3.37. The molecule has 0 radical (unpaired) electrons. The van der Waals surface area contributed by atoms with Crippen molar-refractivity contribution in [2.45, 2.75) is 45.4 Å². The predicted molar refractivity (Wildman–Crippen MR) is 83.5 cm³/mol. The Hall–Kier alpha value is -1.40. The molecule has 22 heavy (non-hydrogen) atoms. The Morgan fingerprint density at radius 1 is 1.45 bits per heavy atom. The van der Waals surface area contributed by atoms with Gasteiger partial charge in [-0.05, 0) is 38.2 Å². The number of rotatable bonds is 3. The van der Waals surface area contributed by atoms with Gasteiger partial charge in [0, 0.05) is 32.4 Å². The largest absolute Gasteiger partial charge is 0.375 e. The lowest BCUT2D eigenvalue weighted by molar-refractivity contribution is -0.140. The van der Waals surface area contributed by atoms with Crippen molar-refractivity contribution in [3.8, 4) is 0 Å². The van der Waals surface area contributed by atoms with Gasteiger partial charge in [-0.15, -0.1) is 0 Å². The Labute approximate surface area is 131 Å². The minimum atomic E-state index is -0.181. The number of amides is 1. The number of morpholine rings is 1. The first kappa shape index (κ1) is 15.5. The van der Waals surface area contributed by atoms with Crippen LogP contribution in [0.2, 0.25) is 0 Å². The monoisotopic (exact) mass is 306 g/mol. The van der Waals surface area contributed by atoms with Crippen molar-refractivity contribution < 1.29 is 9.53 Å². The van der Waals surface area contributed by atoms with Crippen LogP contribution >= 0.6 is 0 Å². The van der Waals surface area contributed by atoms with Crippen LogP contribution in [0.15, 0.2) is 12.4 Å². The molecule has 3 rings (SSSR count). The molecule has 1 aromatic heterocycles. The number of likely N-dealkylation sites (tertiary alicyclic amines) is 1. The summed E-state index contributed by atoms with van der Waals surface area (Å²) in [5.74, 6) is 0.803. The summed E-state index contributed by atoms with van der Waals surface area (Å²) in [6.45, 7) is 8.12. The van der Waals surface area contributed by atoms with Gasteiger partial charge in [-0.25, -0.2) is 0 Å². The number of hydrogen-bond acceptors (Lipinski definition) is 4. The van der Waals surface area contributed by atoms with Crippen LogP contribution in [-0.2, 0) is 16.1 Å². The van der Waals surface area contributed by atoms with Gasteiger partial charge in [0.15, 0.2) is 0 Å². The van der Waals surface area contributed by atoms with Crippen molar-refractivity contribution in [1.29, 1.82) is 0 Å². The third-order valence-corrected chi connectivity index (χ3v) is 4.72. The zero-order valence-corrected chi connectivity index (χ0v) is 13.5. The maximum absolute atomic E-state index is 12.6. The number of aromatic nitrogens is 2. The highest BCUT2D eigenvalue weighted by Crippen LogP contribution is 2.20. The number of aryl methyl sites for hydroxylation is 1.